The van der Waals surface area contributed by atoms with Gasteiger partial charge in [0.15, 0.2) is 0 Å². The maximum Gasteiger partial charge on any atom is 0.0468 e. The quantitative estimate of drug-likeness (QED) is 0.210. The minimum Gasteiger partial charge on any atom is -0.310 e. The molecule has 0 amide bonds. The third-order valence-corrected chi connectivity index (χ3v) is 8.89. The molecule has 0 saturated carbocycles. The molecule has 1 heteroatoms. The van der Waals surface area contributed by atoms with Crippen LogP contribution in [0.25, 0.3) is 54.9 Å². The molecule has 206 valence electrons. The topological polar surface area (TPSA) is 3.24 Å². The molecule has 0 heterocycles. The van der Waals surface area contributed by atoms with Gasteiger partial charge in [0.05, 0.1) is 0 Å². The molecule has 0 unspecified atom stereocenters. The standard InChI is InChI=1S/C42H33N/c1-42(2,3)34-14-9-15-36(27-34)43(35-19-16-29(17-20-35)28-10-5-4-6-11-28)37-21-18-32-25-40-38-23-30-12-7-8-13-31(30)24-39(38)41(40)26-33(32)22-37/h4-27H,1-3H3. The molecule has 0 bridgehead atoms. The Balaban J connectivity index is 1.25. The van der Waals surface area contributed by atoms with Crippen molar-refractivity contribution in [2.75, 3.05) is 4.90 Å². The van der Waals surface area contributed by atoms with Gasteiger partial charge < -0.3 is 4.90 Å². The summed E-state index contributed by atoms with van der Waals surface area (Å²) in [7, 11) is 0. The molecule has 1 aliphatic carbocycles. The molecular weight excluding hydrogens is 518 g/mol. The molecule has 0 saturated heterocycles. The van der Waals surface area contributed by atoms with Crippen LogP contribution in [0.4, 0.5) is 17.1 Å². The van der Waals surface area contributed by atoms with Crippen LogP contribution in [0.5, 0.6) is 0 Å². The molecule has 0 fully saturated rings. The first-order valence-corrected chi connectivity index (χ1v) is 15.1. The molecular formula is C42H33N. The van der Waals surface area contributed by atoms with Gasteiger partial charge in [-0.15, -0.1) is 0 Å². The molecule has 0 radical (unpaired) electrons. The Morgan fingerprint density at radius 3 is 1.51 bits per heavy atom. The van der Waals surface area contributed by atoms with Gasteiger partial charge in [-0.05, 0) is 127 Å². The zero-order valence-electron chi connectivity index (χ0n) is 24.8. The van der Waals surface area contributed by atoms with E-state index in [0.717, 1.165) is 11.4 Å². The van der Waals surface area contributed by atoms with E-state index < -0.39 is 0 Å². The summed E-state index contributed by atoms with van der Waals surface area (Å²) in [6.45, 7) is 6.83. The lowest BCUT2D eigenvalue weighted by atomic mass is 9.78. The Morgan fingerprint density at radius 2 is 0.884 bits per heavy atom. The van der Waals surface area contributed by atoms with Crippen molar-refractivity contribution in [2.45, 2.75) is 26.2 Å². The van der Waals surface area contributed by atoms with E-state index in [1.165, 1.54) is 66.2 Å². The van der Waals surface area contributed by atoms with E-state index in [9.17, 15) is 0 Å². The fourth-order valence-corrected chi connectivity index (χ4v) is 6.49. The van der Waals surface area contributed by atoms with E-state index in [0.29, 0.717) is 0 Å². The lowest BCUT2D eigenvalue weighted by Crippen LogP contribution is -2.14. The van der Waals surface area contributed by atoms with Crippen LogP contribution in [0, 0.1) is 0 Å². The molecule has 43 heavy (non-hydrogen) atoms. The van der Waals surface area contributed by atoms with Crippen molar-refractivity contribution in [1.29, 1.82) is 0 Å². The van der Waals surface area contributed by atoms with Crippen LogP contribution < -0.4 is 4.90 Å². The van der Waals surface area contributed by atoms with Crippen LogP contribution in [0.15, 0.2) is 146 Å². The Bertz CT molecular complexity index is 2150. The first kappa shape index (κ1) is 25.6. The molecule has 1 aliphatic rings. The Labute approximate surface area is 253 Å². The number of hydrogen-bond acceptors (Lipinski definition) is 1. The first-order valence-electron chi connectivity index (χ1n) is 15.1. The molecule has 0 N–H and O–H groups in total. The van der Waals surface area contributed by atoms with Crippen molar-refractivity contribution in [3.05, 3.63) is 151 Å². The van der Waals surface area contributed by atoms with Crippen molar-refractivity contribution < 1.29 is 0 Å². The van der Waals surface area contributed by atoms with Crippen LogP contribution >= 0.6 is 0 Å². The van der Waals surface area contributed by atoms with Crippen molar-refractivity contribution in [3.63, 3.8) is 0 Å². The molecule has 0 spiro atoms. The monoisotopic (exact) mass is 551 g/mol. The number of hydrogen-bond donors (Lipinski definition) is 0. The van der Waals surface area contributed by atoms with Gasteiger partial charge in [0.2, 0.25) is 0 Å². The van der Waals surface area contributed by atoms with E-state index in [-0.39, 0.29) is 5.41 Å². The molecule has 1 nitrogen and oxygen atoms in total. The predicted octanol–water partition coefficient (Wildman–Crippen LogP) is 12.1. The molecule has 0 aliphatic heterocycles. The SMILES string of the molecule is CC(C)(C)c1cccc(N(c2ccc(-c3ccccc3)cc2)c2ccc3cc4c(cc3c2)-c2cc3ccccc3cc2-4)c1. The molecule has 7 aromatic rings. The first-order chi connectivity index (χ1) is 20.9. The van der Waals surface area contributed by atoms with Crippen LogP contribution in [0.3, 0.4) is 0 Å². The van der Waals surface area contributed by atoms with Crippen molar-refractivity contribution in [2.24, 2.45) is 0 Å². The van der Waals surface area contributed by atoms with Gasteiger partial charge in [-0.25, -0.2) is 0 Å². The fourth-order valence-electron chi connectivity index (χ4n) is 6.49. The fraction of sp³-hybridized carbons (Fsp3) is 0.0952. The summed E-state index contributed by atoms with van der Waals surface area (Å²) in [4.78, 5) is 2.39. The number of rotatable bonds is 4. The summed E-state index contributed by atoms with van der Waals surface area (Å²) in [5.41, 5.74) is 12.7. The number of benzene rings is 7. The normalized spacial score (nSPS) is 12.1. The van der Waals surface area contributed by atoms with E-state index in [2.05, 4.69) is 171 Å². The van der Waals surface area contributed by atoms with E-state index in [1.54, 1.807) is 0 Å². The molecule has 8 rings (SSSR count). The maximum atomic E-state index is 2.39. The predicted molar refractivity (Wildman–Crippen MR) is 185 cm³/mol. The minimum atomic E-state index is 0.0576. The van der Waals surface area contributed by atoms with Gasteiger partial charge in [-0.1, -0.05) is 106 Å². The van der Waals surface area contributed by atoms with Crippen LogP contribution in [-0.2, 0) is 5.41 Å². The van der Waals surface area contributed by atoms with Crippen molar-refractivity contribution in [3.8, 4) is 33.4 Å². The second-order valence-corrected chi connectivity index (χ2v) is 12.7. The Kier molecular flexibility index (Phi) is 5.77. The summed E-state index contributed by atoms with van der Waals surface area (Å²) >= 11 is 0. The number of nitrogens with zero attached hydrogens (tertiary/aromatic N) is 1. The lowest BCUT2D eigenvalue weighted by molar-refractivity contribution is 0.590. The Morgan fingerprint density at radius 1 is 0.372 bits per heavy atom. The summed E-state index contributed by atoms with van der Waals surface area (Å²) in [6, 6.07) is 53.5. The average Bonchev–Trinajstić information content (AvgIpc) is 3.04. The lowest BCUT2D eigenvalue weighted by Gasteiger charge is -2.29. The number of anilines is 3. The minimum absolute atomic E-state index is 0.0576. The van der Waals surface area contributed by atoms with Crippen LogP contribution in [0.2, 0.25) is 0 Å². The smallest absolute Gasteiger partial charge is 0.0468 e. The maximum absolute atomic E-state index is 2.39. The highest BCUT2D eigenvalue weighted by Crippen LogP contribution is 2.50. The van der Waals surface area contributed by atoms with Crippen molar-refractivity contribution >= 4 is 38.6 Å². The van der Waals surface area contributed by atoms with Gasteiger partial charge >= 0.3 is 0 Å². The van der Waals surface area contributed by atoms with Crippen LogP contribution in [-0.4, -0.2) is 0 Å². The average molecular weight is 552 g/mol. The molecule has 0 atom stereocenters. The molecule has 0 aromatic heterocycles. The number of fused-ring (bicyclic) bond motifs is 6. The van der Waals surface area contributed by atoms with Crippen molar-refractivity contribution in [1.82, 2.24) is 0 Å². The summed E-state index contributed by atoms with van der Waals surface area (Å²) in [6.07, 6.45) is 0. The highest BCUT2D eigenvalue weighted by Gasteiger charge is 2.24. The van der Waals surface area contributed by atoms with Gasteiger partial charge in [0.1, 0.15) is 0 Å². The molecule has 7 aromatic carbocycles. The van der Waals surface area contributed by atoms with E-state index in [1.807, 2.05) is 0 Å². The van der Waals surface area contributed by atoms with Crippen LogP contribution in [0.1, 0.15) is 26.3 Å². The highest BCUT2D eigenvalue weighted by molar-refractivity contribution is 6.12. The zero-order chi connectivity index (χ0) is 29.1. The zero-order valence-corrected chi connectivity index (χ0v) is 24.8. The van der Waals surface area contributed by atoms with E-state index >= 15 is 0 Å². The second kappa shape index (κ2) is 9.71. The van der Waals surface area contributed by atoms with Gasteiger partial charge in [0, 0.05) is 17.1 Å². The summed E-state index contributed by atoms with van der Waals surface area (Å²) in [5.74, 6) is 0. The highest BCUT2D eigenvalue weighted by atomic mass is 15.1. The summed E-state index contributed by atoms with van der Waals surface area (Å²) in [5, 5.41) is 5.12. The Hall–Kier alpha value is -5.14. The van der Waals surface area contributed by atoms with Gasteiger partial charge in [-0.3, -0.25) is 0 Å². The summed E-state index contributed by atoms with van der Waals surface area (Å²) < 4.78 is 0. The third-order valence-electron chi connectivity index (χ3n) is 8.89. The third kappa shape index (κ3) is 4.40. The second-order valence-electron chi connectivity index (χ2n) is 12.7. The van der Waals surface area contributed by atoms with E-state index in [4.69, 9.17) is 0 Å². The largest absolute Gasteiger partial charge is 0.310 e. The van der Waals surface area contributed by atoms with Gasteiger partial charge in [0.25, 0.3) is 0 Å². The van der Waals surface area contributed by atoms with Gasteiger partial charge in [-0.2, -0.15) is 0 Å².